The van der Waals surface area contributed by atoms with Gasteiger partial charge in [-0.2, -0.15) is 0 Å². The summed E-state index contributed by atoms with van der Waals surface area (Å²) >= 11 is 0. The summed E-state index contributed by atoms with van der Waals surface area (Å²) in [5, 5.41) is 3.35. The molecule has 0 amide bonds. The lowest BCUT2D eigenvalue weighted by molar-refractivity contribution is 0.145. The van der Waals surface area contributed by atoms with Crippen molar-refractivity contribution in [2.45, 2.75) is 39.0 Å². The van der Waals surface area contributed by atoms with E-state index in [1.54, 1.807) is 0 Å². The maximum atomic E-state index is 11.2. The molecule has 1 atom stereocenters. The zero-order valence-corrected chi connectivity index (χ0v) is 12.6. The van der Waals surface area contributed by atoms with Crippen molar-refractivity contribution in [2.24, 2.45) is 0 Å². The summed E-state index contributed by atoms with van der Waals surface area (Å²) in [6, 6.07) is 0. The molecule has 0 rings (SSSR count). The van der Waals surface area contributed by atoms with Gasteiger partial charge >= 0.3 is 7.60 Å². The van der Waals surface area contributed by atoms with Gasteiger partial charge in [0.2, 0.25) is 0 Å². The molecule has 110 valence electrons. The Balaban J connectivity index is 3.10. The first kappa shape index (κ1) is 18.1. The van der Waals surface area contributed by atoms with Gasteiger partial charge in [0.25, 0.3) is 0 Å². The first-order valence-corrected chi connectivity index (χ1v) is 8.54. The van der Waals surface area contributed by atoms with Crippen molar-refractivity contribution >= 4 is 7.60 Å². The van der Waals surface area contributed by atoms with E-state index in [-0.39, 0.29) is 6.16 Å². The number of hydrogen-bond acceptors (Lipinski definition) is 4. The number of hydrogen-bond donors (Lipinski definition) is 2. The van der Waals surface area contributed by atoms with Gasteiger partial charge in [-0.25, -0.2) is 0 Å². The van der Waals surface area contributed by atoms with E-state index >= 15 is 0 Å². The van der Waals surface area contributed by atoms with Crippen LogP contribution in [0, 0.1) is 0 Å². The van der Waals surface area contributed by atoms with E-state index in [1.807, 2.05) is 6.92 Å². The van der Waals surface area contributed by atoms with Crippen LogP contribution in [0.3, 0.4) is 0 Å². The zero-order chi connectivity index (χ0) is 13.7. The van der Waals surface area contributed by atoms with E-state index in [4.69, 9.17) is 4.74 Å². The fourth-order valence-corrected chi connectivity index (χ4v) is 2.38. The summed E-state index contributed by atoms with van der Waals surface area (Å²) < 4.78 is 20.9. The highest BCUT2D eigenvalue weighted by Gasteiger charge is 2.15. The second kappa shape index (κ2) is 12.1. The van der Waals surface area contributed by atoms with Crippen molar-refractivity contribution in [2.75, 3.05) is 39.6 Å². The van der Waals surface area contributed by atoms with E-state index < -0.39 is 7.60 Å². The maximum Gasteiger partial charge on any atom is 0.327 e. The second-order valence-electron chi connectivity index (χ2n) is 4.26. The van der Waals surface area contributed by atoms with Crippen LogP contribution in [0.5, 0.6) is 0 Å². The Kier molecular flexibility index (Phi) is 12.2. The maximum absolute atomic E-state index is 11.2. The van der Waals surface area contributed by atoms with E-state index in [9.17, 15) is 9.46 Å². The first-order valence-electron chi connectivity index (χ1n) is 6.78. The summed E-state index contributed by atoms with van der Waals surface area (Å²) in [4.78, 5) is 9.18. The summed E-state index contributed by atoms with van der Waals surface area (Å²) in [5.41, 5.74) is 0. The average molecular weight is 281 g/mol. The molecule has 0 spiro atoms. The fourth-order valence-electron chi connectivity index (χ4n) is 1.58. The van der Waals surface area contributed by atoms with Crippen LogP contribution >= 0.6 is 7.60 Å². The molecule has 0 bridgehead atoms. The van der Waals surface area contributed by atoms with Gasteiger partial charge in [0.15, 0.2) is 0 Å². The Bertz CT molecular complexity index is 226. The Morgan fingerprint density at radius 3 is 2.44 bits per heavy atom. The van der Waals surface area contributed by atoms with E-state index in [0.717, 1.165) is 58.4 Å². The molecule has 0 aliphatic rings. The summed E-state index contributed by atoms with van der Waals surface area (Å²) in [7, 11) is -2.00. The van der Waals surface area contributed by atoms with Gasteiger partial charge in [0.1, 0.15) is 0 Å². The van der Waals surface area contributed by atoms with Gasteiger partial charge in [-0.1, -0.05) is 12.8 Å². The molecule has 0 saturated carbocycles. The monoisotopic (exact) mass is 281 g/mol. The number of nitrogens with one attached hydrogen (secondary N) is 1. The predicted molar refractivity (Wildman–Crippen MR) is 74.1 cm³/mol. The molecule has 5 nitrogen and oxygen atoms in total. The van der Waals surface area contributed by atoms with Crippen LogP contribution in [0.1, 0.15) is 39.0 Å². The van der Waals surface area contributed by atoms with Crippen LogP contribution in [0.15, 0.2) is 0 Å². The third-order valence-electron chi connectivity index (χ3n) is 2.68. The normalized spacial score (nSPS) is 14.6. The summed E-state index contributed by atoms with van der Waals surface area (Å²) in [6.07, 6.45) is 5.25. The summed E-state index contributed by atoms with van der Waals surface area (Å²) in [5.74, 6) is 0. The second-order valence-corrected chi connectivity index (χ2v) is 6.35. The van der Waals surface area contributed by atoms with Crippen molar-refractivity contribution in [1.82, 2.24) is 5.32 Å². The van der Waals surface area contributed by atoms with Crippen molar-refractivity contribution < 1.29 is 18.7 Å². The van der Waals surface area contributed by atoms with Gasteiger partial charge < -0.3 is 19.5 Å². The highest BCUT2D eigenvalue weighted by Crippen LogP contribution is 2.41. The molecule has 0 aliphatic carbocycles. The molecule has 1 unspecified atom stereocenters. The largest absolute Gasteiger partial charge is 0.382 e. The topological polar surface area (TPSA) is 67.8 Å². The average Bonchev–Trinajstić information content (AvgIpc) is 2.36. The molecule has 0 aromatic heterocycles. The standard InChI is InChI=1S/C12H28NO4P/c1-3-17-11-8-10-13-9-6-4-5-7-12-18(14,15)16-2/h13H,3-12H2,1-2H3,(H,14,15). The van der Waals surface area contributed by atoms with Gasteiger partial charge in [0.05, 0.1) is 0 Å². The zero-order valence-electron chi connectivity index (χ0n) is 11.7. The van der Waals surface area contributed by atoms with Gasteiger partial charge in [-0.15, -0.1) is 0 Å². The SMILES string of the molecule is CCOCCCNCCCCCCP(=O)(O)OC. The van der Waals surface area contributed by atoms with Gasteiger partial charge in [-0.05, 0) is 39.3 Å². The van der Waals surface area contributed by atoms with Crippen molar-refractivity contribution in [1.29, 1.82) is 0 Å². The van der Waals surface area contributed by atoms with Crippen LogP contribution in [0.25, 0.3) is 0 Å². The molecule has 0 aromatic carbocycles. The van der Waals surface area contributed by atoms with Crippen LogP contribution in [0.4, 0.5) is 0 Å². The molecule has 0 saturated heterocycles. The molecule has 6 heteroatoms. The Morgan fingerprint density at radius 1 is 1.11 bits per heavy atom. The molecular weight excluding hydrogens is 253 g/mol. The molecule has 0 radical (unpaired) electrons. The van der Waals surface area contributed by atoms with Crippen molar-refractivity contribution in [3.63, 3.8) is 0 Å². The minimum atomic E-state index is -3.28. The lowest BCUT2D eigenvalue weighted by Crippen LogP contribution is -2.18. The van der Waals surface area contributed by atoms with Crippen molar-refractivity contribution in [3.05, 3.63) is 0 Å². The van der Waals surface area contributed by atoms with E-state index in [0.29, 0.717) is 0 Å². The van der Waals surface area contributed by atoms with Gasteiger partial charge in [-0.3, -0.25) is 4.57 Å². The smallest absolute Gasteiger partial charge is 0.327 e. The van der Waals surface area contributed by atoms with E-state index in [2.05, 4.69) is 9.84 Å². The fraction of sp³-hybridized carbons (Fsp3) is 1.00. The highest BCUT2D eigenvalue weighted by molar-refractivity contribution is 7.52. The molecule has 0 aliphatic heterocycles. The van der Waals surface area contributed by atoms with Gasteiger partial charge in [0, 0.05) is 26.5 Å². The van der Waals surface area contributed by atoms with Crippen LogP contribution in [-0.4, -0.2) is 44.5 Å². The number of rotatable bonds is 13. The Hall–Kier alpha value is 0.0700. The minimum Gasteiger partial charge on any atom is -0.382 e. The van der Waals surface area contributed by atoms with E-state index in [1.165, 1.54) is 7.11 Å². The lowest BCUT2D eigenvalue weighted by atomic mass is 10.2. The predicted octanol–water partition coefficient (Wildman–Crippen LogP) is 2.39. The lowest BCUT2D eigenvalue weighted by Gasteiger charge is -2.08. The third kappa shape index (κ3) is 12.5. The minimum absolute atomic E-state index is 0.269. The highest BCUT2D eigenvalue weighted by atomic mass is 31.2. The first-order chi connectivity index (χ1) is 8.62. The number of unbranched alkanes of at least 4 members (excludes halogenated alkanes) is 3. The third-order valence-corrected chi connectivity index (χ3v) is 4.13. The number of ether oxygens (including phenoxy) is 1. The molecule has 0 aromatic rings. The Morgan fingerprint density at radius 2 is 1.78 bits per heavy atom. The van der Waals surface area contributed by atoms with Crippen LogP contribution in [-0.2, 0) is 13.8 Å². The molecule has 2 N–H and O–H groups in total. The molecular formula is C12H28NO4P. The van der Waals surface area contributed by atoms with Crippen molar-refractivity contribution in [3.8, 4) is 0 Å². The Labute approximate surface area is 111 Å². The van der Waals surface area contributed by atoms with Crippen LogP contribution < -0.4 is 5.32 Å². The molecule has 18 heavy (non-hydrogen) atoms. The molecule has 0 heterocycles. The summed E-state index contributed by atoms with van der Waals surface area (Å²) in [6.45, 7) is 5.62. The molecule has 0 fully saturated rings. The van der Waals surface area contributed by atoms with Crippen LogP contribution in [0.2, 0.25) is 0 Å². The quantitative estimate of drug-likeness (QED) is 0.401.